The lowest BCUT2D eigenvalue weighted by Gasteiger charge is -2.19. The molecule has 0 saturated heterocycles. The molecular formula is C24H23F2N3O4. The van der Waals surface area contributed by atoms with Crippen molar-refractivity contribution < 1.29 is 27.8 Å². The summed E-state index contributed by atoms with van der Waals surface area (Å²) >= 11 is 0. The fraction of sp³-hybridized carbons (Fsp3) is 0.250. The Morgan fingerprint density at radius 2 is 1.64 bits per heavy atom. The summed E-state index contributed by atoms with van der Waals surface area (Å²) in [6.45, 7) is 5.38. The molecule has 0 amide bonds. The van der Waals surface area contributed by atoms with Crippen molar-refractivity contribution in [1.29, 1.82) is 0 Å². The van der Waals surface area contributed by atoms with Crippen molar-refractivity contribution in [1.82, 2.24) is 10.2 Å². The summed E-state index contributed by atoms with van der Waals surface area (Å²) in [5.41, 5.74) is 0.225. The molecule has 1 heterocycles. The zero-order chi connectivity index (χ0) is 24.2. The smallest absolute Gasteiger partial charge is 0.360 e. The van der Waals surface area contributed by atoms with Gasteiger partial charge in [0.05, 0.1) is 24.8 Å². The van der Waals surface area contributed by atoms with E-state index in [0.29, 0.717) is 5.69 Å². The van der Waals surface area contributed by atoms with Gasteiger partial charge in [0.25, 0.3) is 0 Å². The second-order valence-corrected chi connectivity index (χ2v) is 8.17. The van der Waals surface area contributed by atoms with E-state index in [1.807, 2.05) is 0 Å². The van der Waals surface area contributed by atoms with Gasteiger partial charge in [0.2, 0.25) is 0 Å². The number of anilines is 2. The van der Waals surface area contributed by atoms with Crippen LogP contribution in [0, 0.1) is 11.6 Å². The van der Waals surface area contributed by atoms with Gasteiger partial charge in [0.1, 0.15) is 22.9 Å². The lowest BCUT2D eigenvalue weighted by atomic mass is 10.1. The van der Waals surface area contributed by atoms with E-state index >= 15 is 0 Å². The van der Waals surface area contributed by atoms with E-state index in [1.165, 1.54) is 19.2 Å². The third-order valence-corrected chi connectivity index (χ3v) is 4.39. The highest BCUT2D eigenvalue weighted by molar-refractivity contribution is 5.95. The molecule has 1 N–H and O–H groups in total. The molecule has 0 aliphatic heterocycles. The summed E-state index contributed by atoms with van der Waals surface area (Å²) in [6, 6.07) is 11.6. The SMILES string of the molecule is COC(=O)c1nnc(-c2c(F)cccc2F)cc1Nc1ccc(CC(=O)OC(C)(C)C)cc1. The summed E-state index contributed by atoms with van der Waals surface area (Å²) in [6.07, 6.45) is 0.0957. The summed E-state index contributed by atoms with van der Waals surface area (Å²) < 4.78 is 38.5. The Labute approximate surface area is 189 Å². The first kappa shape index (κ1) is 23.8. The largest absolute Gasteiger partial charge is 0.464 e. The van der Waals surface area contributed by atoms with Crippen molar-refractivity contribution in [3.8, 4) is 11.3 Å². The maximum atomic E-state index is 14.2. The number of nitrogens with one attached hydrogen (secondary N) is 1. The van der Waals surface area contributed by atoms with Crippen LogP contribution in [-0.4, -0.2) is 34.8 Å². The summed E-state index contributed by atoms with van der Waals surface area (Å²) in [5.74, 6) is -2.75. The van der Waals surface area contributed by atoms with Gasteiger partial charge in [-0.05, 0) is 56.7 Å². The van der Waals surface area contributed by atoms with Gasteiger partial charge in [-0.15, -0.1) is 10.2 Å². The van der Waals surface area contributed by atoms with Crippen LogP contribution in [0.4, 0.5) is 20.2 Å². The third-order valence-electron chi connectivity index (χ3n) is 4.39. The van der Waals surface area contributed by atoms with Crippen molar-refractivity contribution in [3.63, 3.8) is 0 Å². The molecule has 9 heteroatoms. The van der Waals surface area contributed by atoms with E-state index in [-0.39, 0.29) is 35.0 Å². The quantitative estimate of drug-likeness (QED) is 0.532. The molecule has 0 spiro atoms. The monoisotopic (exact) mass is 455 g/mol. The minimum Gasteiger partial charge on any atom is -0.464 e. The molecule has 0 unspecified atom stereocenters. The van der Waals surface area contributed by atoms with Crippen LogP contribution < -0.4 is 5.32 Å². The van der Waals surface area contributed by atoms with E-state index in [2.05, 4.69) is 15.5 Å². The molecule has 0 fully saturated rings. The zero-order valence-electron chi connectivity index (χ0n) is 18.6. The Hall–Kier alpha value is -3.88. The molecule has 0 saturated carbocycles. The van der Waals surface area contributed by atoms with E-state index in [9.17, 15) is 18.4 Å². The van der Waals surface area contributed by atoms with E-state index in [0.717, 1.165) is 17.7 Å². The third kappa shape index (κ3) is 6.09. The van der Waals surface area contributed by atoms with Crippen molar-refractivity contribution in [2.45, 2.75) is 32.8 Å². The van der Waals surface area contributed by atoms with Crippen molar-refractivity contribution in [3.05, 3.63) is 71.4 Å². The fourth-order valence-corrected chi connectivity index (χ4v) is 3.00. The molecule has 0 aliphatic rings. The zero-order valence-corrected chi connectivity index (χ0v) is 18.6. The van der Waals surface area contributed by atoms with Crippen LogP contribution >= 0.6 is 0 Å². The van der Waals surface area contributed by atoms with E-state index in [4.69, 9.17) is 9.47 Å². The van der Waals surface area contributed by atoms with Crippen LogP contribution in [0.25, 0.3) is 11.3 Å². The lowest BCUT2D eigenvalue weighted by Crippen LogP contribution is -2.24. The van der Waals surface area contributed by atoms with Crippen molar-refractivity contribution in [2.24, 2.45) is 0 Å². The number of benzene rings is 2. The average Bonchev–Trinajstić information content (AvgIpc) is 2.73. The number of nitrogens with zero attached hydrogens (tertiary/aromatic N) is 2. The molecule has 0 radical (unpaired) electrons. The number of aromatic nitrogens is 2. The number of hydrogen-bond donors (Lipinski definition) is 1. The first-order chi connectivity index (χ1) is 15.6. The number of methoxy groups -OCH3 is 1. The summed E-state index contributed by atoms with van der Waals surface area (Å²) in [5, 5.41) is 10.6. The lowest BCUT2D eigenvalue weighted by molar-refractivity contribution is -0.153. The minimum atomic E-state index is -0.812. The topological polar surface area (TPSA) is 90.4 Å². The predicted octanol–water partition coefficient (Wildman–Crippen LogP) is 4.84. The van der Waals surface area contributed by atoms with Gasteiger partial charge in [0, 0.05) is 5.69 Å². The highest BCUT2D eigenvalue weighted by Gasteiger charge is 2.20. The predicted molar refractivity (Wildman–Crippen MR) is 118 cm³/mol. The van der Waals surface area contributed by atoms with Crippen LogP contribution in [0.3, 0.4) is 0 Å². The number of carbonyl (C=O) groups is 2. The second kappa shape index (κ2) is 9.72. The Kier molecular flexibility index (Phi) is 7.01. The van der Waals surface area contributed by atoms with Crippen molar-refractivity contribution in [2.75, 3.05) is 12.4 Å². The molecule has 0 bridgehead atoms. The molecule has 33 heavy (non-hydrogen) atoms. The summed E-state index contributed by atoms with van der Waals surface area (Å²) in [7, 11) is 1.18. The number of rotatable bonds is 6. The van der Waals surface area contributed by atoms with Gasteiger partial charge in [0.15, 0.2) is 5.69 Å². The minimum absolute atomic E-state index is 0.0951. The number of esters is 2. The maximum Gasteiger partial charge on any atom is 0.360 e. The molecule has 0 atom stereocenters. The van der Waals surface area contributed by atoms with Gasteiger partial charge in [-0.3, -0.25) is 4.79 Å². The highest BCUT2D eigenvalue weighted by atomic mass is 19.1. The Bertz CT molecular complexity index is 1160. The molecule has 3 rings (SSSR count). The maximum absolute atomic E-state index is 14.2. The molecule has 3 aromatic rings. The Morgan fingerprint density at radius 3 is 2.21 bits per heavy atom. The highest BCUT2D eigenvalue weighted by Crippen LogP contribution is 2.29. The molecule has 0 aliphatic carbocycles. The van der Waals surface area contributed by atoms with Crippen LogP contribution in [0.15, 0.2) is 48.5 Å². The number of halogens is 2. The molecular weight excluding hydrogens is 432 g/mol. The van der Waals surface area contributed by atoms with Crippen LogP contribution in [0.1, 0.15) is 36.8 Å². The van der Waals surface area contributed by atoms with Crippen molar-refractivity contribution >= 4 is 23.3 Å². The van der Waals surface area contributed by atoms with Gasteiger partial charge in [-0.2, -0.15) is 0 Å². The normalized spacial score (nSPS) is 11.1. The fourth-order valence-electron chi connectivity index (χ4n) is 3.00. The molecule has 7 nitrogen and oxygen atoms in total. The van der Waals surface area contributed by atoms with E-state index < -0.39 is 23.2 Å². The van der Waals surface area contributed by atoms with Gasteiger partial charge in [-0.25, -0.2) is 13.6 Å². The number of hydrogen-bond acceptors (Lipinski definition) is 7. The molecule has 2 aromatic carbocycles. The van der Waals surface area contributed by atoms with E-state index in [1.54, 1.807) is 45.0 Å². The van der Waals surface area contributed by atoms with Gasteiger partial charge in [-0.1, -0.05) is 18.2 Å². The van der Waals surface area contributed by atoms with Gasteiger partial charge < -0.3 is 14.8 Å². The average molecular weight is 455 g/mol. The van der Waals surface area contributed by atoms with Crippen LogP contribution in [0.2, 0.25) is 0 Å². The first-order valence-corrected chi connectivity index (χ1v) is 10.1. The summed E-state index contributed by atoms with van der Waals surface area (Å²) in [4.78, 5) is 24.1. The second-order valence-electron chi connectivity index (χ2n) is 8.17. The molecule has 172 valence electrons. The van der Waals surface area contributed by atoms with Gasteiger partial charge >= 0.3 is 11.9 Å². The van der Waals surface area contributed by atoms with Crippen LogP contribution in [0.5, 0.6) is 0 Å². The Balaban J connectivity index is 1.88. The molecule has 1 aromatic heterocycles. The number of carbonyl (C=O) groups excluding carboxylic acids is 2. The standard InChI is InChI=1S/C24H23F2N3O4/c1-24(2,3)33-20(30)12-14-8-10-15(11-9-14)27-19-13-18(28-29-22(19)23(31)32-4)21-16(25)6-5-7-17(21)26/h5-11,13H,12H2,1-4H3,(H,27,28). The Morgan fingerprint density at radius 1 is 1.00 bits per heavy atom. The number of ether oxygens (including phenoxy) is 2. The van der Waals surface area contributed by atoms with Crippen LogP contribution in [-0.2, 0) is 20.7 Å². The first-order valence-electron chi connectivity index (χ1n) is 10.1.